The molecule has 0 radical (unpaired) electrons. The zero-order chi connectivity index (χ0) is 18.2. The number of rotatable bonds is 2. The van der Waals surface area contributed by atoms with E-state index in [1.165, 1.54) is 18.2 Å². The first kappa shape index (κ1) is 16.9. The number of carbonyl (C=O) groups is 1. The molecule has 2 aromatic carbocycles. The van der Waals surface area contributed by atoms with E-state index in [9.17, 15) is 14.3 Å². The van der Waals surface area contributed by atoms with E-state index in [1.54, 1.807) is 32.0 Å². The third-order valence-electron chi connectivity index (χ3n) is 4.25. The quantitative estimate of drug-likeness (QED) is 0.881. The Balaban J connectivity index is 1.99. The molecule has 128 valence electrons. The molecule has 25 heavy (non-hydrogen) atoms. The van der Waals surface area contributed by atoms with Crippen LogP contribution >= 0.6 is 0 Å². The number of ether oxygens (including phenoxy) is 1. The van der Waals surface area contributed by atoms with Crippen LogP contribution in [0, 0.1) is 17.1 Å². The third-order valence-corrected chi connectivity index (χ3v) is 4.25. The normalized spacial score (nSPS) is 20.8. The highest BCUT2D eigenvalue weighted by molar-refractivity contribution is 5.94. The van der Waals surface area contributed by atoms with Gasteiger partial charge in [-0.05, 0) is 50.2 Å². The third kappa shape index (κ3) is 3.19. The summed E-state index contributed by atoms with van der Waals surface area (Å²) in [6, 6.07) is 11.4. The minimum Gasteiger partial charge on any atom is -0.485 e. The molecule has 0 saturated heterocycles. The van der Waals surface area contributed by atoms with Gasteiger partial charge in [0.05, 0.1) is 17.7 Å². The fourth-order valence-corrected chi connectivity index (χ4v) is 2.88. The fraction of sp³-hybridized carbons (Fsp3) is 0.263. The predicted octanol–water partition coefficient (Wildman–Crippen LogP) is 2.70. The van der Waals surface area contributed by atoms with Gasteiger partial charge in [0.15, 0.2) is 0 Å². The number of amides is 1. The molecule has 0 bridgehead atoms. The van der Waals surface area contributed by atoms with Crippen molar-refractivity contribution < 1.29 is 19.0 Å². The molecular weight excluding hydrogens is 323 g/mol. The number of halogens is 1. The highest BCUT2D eigenvalue weighted by Gasteiger charge is 2.43. The molecule has 0 unspecified atom stereocenters. The largest absolute Gasteiger partial charge is 0.485 e. The number of fused-ring (bicyclic) bond motifs is 1. The van der Waals surface area contributed by atoms with Gasteiger partial charge in [-0.2, -0.15) is 5.26 Å². The lowest BCUT2D eigenvalue weighted by Gasteiger charge is -2.42. The van der Waals surface area contributed by atoms with E-state index in [1.807, 2.05) is 6.07 Å². The van der Waals surface area contributed by atoms with E-state index >= 15 is 0 Å². The molecule has 2 atom stereocenters. The molecule has 6 heteroatoms. The van der Waals surface area contributed by atoms with Crippen LogP contribution in [-0.2, 0) is 0 Å². The number of hydrogen-bond donors (Lipinski definition) is 2. The monoisotopic (exact) mass is 340 g/mol. The maximum Gasteiger partial charge on any atom is 0.251 e. The highest BCUT2D eigenvalue weighted by atomic mass is 19.1. The highest BCUT2D eigenvalue weighted by Crippen LogP contribution is 2.40. The number of nitrogens with zero attached hydrogens (tertiary/aromatic N) is 1. The summed E-state index contributed by atoms with van der Waals surface area (Å²) in [4.78, 5) is 12.5. The first-order valence-electron chi connectivity index (χ1n) is 7.79. The van der Waals surface area contributed by atoms with Gasteiger partial charge in [-0.3, -0.25) is 4.79 Å². The Kier molecular flexibility index (Phi) is 4.19. The molecule has 5 nitrogen and oxygen atoms in total. The van der Waals surface area contributed by atoms with Gasteiger partial charge in [0, 0.05) is 11.1 Å². The molecule has 0 saturated carbocycles. The first-order chi connectivity index (χ1) is 11.8. The average Bonchev–Trinajstić information content (AvgIpc) is 2.58. The minimum atomic E-state index is -1.05. The Labute approximate surface area is 144 Å². The van der Waals surface area contributed by atoms with E-state index in [0.29, 0.717) is 16.9 Å². The van der Waals surface area contributed by atoms with Crippen molar-refractivity contribution in [2.45, 2.75) is 31.6 Å². The van der Waals surface area contributed by atoms with Crippen LogP contribution in [-0.4, -0.2) is 22.7 Å². The van der Waals surface area contributed by atoms with Gasteiger partial charge in [0.1, 0.15) is 23.3 Å². The van der Waals surface area contributed by atoms with Gasteiger partial charge in [-0.25, -0.2) is 4.39 Å². The summed E-state index contributed by atoms with van der Waals surface area (Å²) >= 11 is 0. The lowest BCUT2D eigenvalue weighted by molar-refractivity contribution is -0.0627. The van der Waals surface area contributed by atoms with E-state index in [2.05, 4.69) is 5.32 Å². The van der Waals surface area contributed by atoms with Crippen molar-refractivity contribution in [1.82, 2.24) is 5.32 Å². The molecule has 1 aliphatic rings. The fourth-order valence-electron chi connectivity index (χ4n) is 2.88. The number of hydrogen-bond acceptors (Lipinski definition) is 4. The number of carbonyl (C=O) groups excluding carboxylic acids is 1. The number of aliphatic hydroxyl groups is 1. The van der Waals surface area contributed by atoms with Crippen LogP contribution in [0.5, 0.6) is 5.75 Å². The van der Waals surface area contributed by atoms with Gasteiger partial charge < -0.3 is 15.2 Å². The summed E-state index contributed by atoms with van der Waals surface area (Å²) in [5, 5.41) is 22.5. The zero-order valence-electron chi connectivity index (χ0n) is 13.8. The van der Waals surface area contributed by atoms with Crippen molar-refractivity contribution in [3.05, 3.63) is 65.0 Å². The smallest absolute Gasteiger partial charge is 0.251 e. The van der Waals surface area contributed by atoms with Crippen molar-refractivity contribution >= 4 is 5.91 Å². The molecular formula is C19H17FN2O3. The molecule has 2 aromatic rings. The van der Waals surface area contributed by atoms with Crippen LogP contribution in [0.2, 0.25) is 0 Å². The van der Waals surface area contributed by atoms with E-state index in [-0.39, 0.29) is 5.56 Å². The summed E-state index contributed by atoms with van der Waals surface area (Å²) < 4.78 is 19.2. The Hall–Kier alpha value is -2.91. The summed E-state index contributed by atoms with van der Waals surface area (Å²) in [6.45, 7) is 3.42. The van der Waals surface area contributed by atoms with Crippen LogP contribution in [0.1, 0.15) is 41.4 Å². The zero-order valence-corrected chi connectivity index (χ0v) is 13.8. The number of nitriles is 1. The molecule has 1 aliphatic heterocycles. The standard InChI is InChI=1S/C19H17FN2O3/c1-19(2)17(23)16(14-8-11(10-21)6-7-15(14)25-19)22-18(24)12-4-3-5-13(20)9-12/h3-9,16-17,23H,1-2H3,(H,22,24)/t16-,17+/m0/s1. The summed E-state index contributed by atoms with van der Waals surface area (Å²) in [5.74, 6) is -0.555. The Bertz CT molecular complexity index is 873. The minimum absolute atomic E-state index is 0.148. The molecule has 2 N–H and O–H groups in total. The van der Waals surface area contributed by atoms with Gasteiger partial charge >= 0.3 is 0 Å². The lowest BCUT2D eigenvalue weighted by atomic mass is 9.85. The first-order valence-corrected chi connectivity index (χ1v) is 7.79. The van der Waals surface area contributed by atoms with E-state index < -0.39 is 29.5 Å². The van der Waals surface area contributed by atoms with Crippen molar-refractivity contribution in [3.63, 3.8) is 0 Å². The molecule has 3 rings (SSSR count). The molecule has 0 spiro atoms. The maximum absolute atomic E-state index is 13.4. The van der Waals surface area contributed by atoms with Crippen molar-refractivity contribution in [1.29, 1.82) is 5.26 Å². The predicted molar refractivity (Wildman–Crippen MR) is 88.5 cm³/mol. The average molecular weight is 340 g/mol. The van der Waals surface area contributed by atoms with Crippen molar-refractivity contribution in [2.24, 2.45) is 0 Å². The van der Waals surface area contributed by atoms with Crippen molar-refractivity contribution in [2.75, 3.05) is 0 Å². The van der Waals surface area contributed by atoms with Crippen LogP contribution in [0.4, 0.5) is 4.39 Å². The van der Waals surface area contributed by atoms with E-state index in [4.69, 9.17) is 10.00 Å². The lowest BCUT2D eigenvalue weighted by Crippen LogP contribution is -2.53. The second-order valence-electron chi connectivity index (χ2n) is 6.48. The number of nitrogens with one attached hydrogen (secondary N) is 1. The summed E-state index contributed by atoms with van der Waals surface area (Å²) in [6.07, 6.45) is -1.05. The van der Waals surface area contributed by atoms with Crippen LogP contribution < -0.4 is 10.1 Å². The van der Waals surface area contributed by atoms with Crippen LogP contribution in [0.15, 0.2) is 42.5 Å². The second-order valence-corrected chi connectivity index (χ2v) is 6.48. The molecule has 1 amide bonds. The topological polar surface area (TPSA) is 82.3 Å². The van der Waals surface area contributed by atoms with Gasteiger partial charge in [0.2, 0.25) is 0 Å². The van der Waals surface area contributed by atoms with Crippen LogP contribution in [0.3, 0.4) is 0 Å². The molecule has 1 heterocycles. The van der Waals surface area contributed by atoms with Gasteiger partial charge in [-0.15, -0.1) is 0 Å². The molecule has 0 fully saturated rings. The van der Waals surface area contributed by atoms with Gasteiger partial charge in [-0.1, -0.05) is 6.07 Å². The van der Waals surface area contributed by atoms with Crippen molar-refractivity contribution in [3.8, 4) is 11.8 Å². The SMILES string of the molecule is CC1(C)Oc2ccc(C#N)cc2[C@H](NC(=O)c2cccc(F)c2)[C@H]1O. The summed E-state index contributed by atoms with van der Waals surface area (Å²) in [7, 11) is 0. The second kappa shape index (κ2) is 6.19. The Morgan fingerprint density at radius 2 is 2.08 bits per heavy atom. The number of aliphatic hydroxyl groups excluding tert-OH is 1. The van der Waals surface area contributed by atoms with Crippen LogP contribution in [0.25, 0.3) is 0 Å². The number of benzene rings is 2. The van der Waals surface area contributed by atoms with E-state index in [0.717, 1.165) is 6.07 Å². The Morgan fingerprint density at radius 3 is 2.76 bits per heavy atom. The van der Waals surface area contributed by atoms with Gasteiger partial charge in [0.25, 0.3) is 5.91 Å². The Morgan fingerprint density at radius 1 is 1.32 bits per heavy atom. The maximum atomic E-state index is 13.4. The molecule has 0 aromatic heterocycles. The summed E-state index contributed by atoms with van der Waals surface area (Å²) in [5.41, 5.74) is 0.102. The molecule has 0 aliphatic carbocycles.